The number of hydrogen-bond acceptors (Lipinski definition) is 1. The molecule has 2 heteroatoms. The highest BCUT2D eigenvalue weighted by Gasteiger charge is 2.17. The van der Waals surface area contributed by atoms with Crippen molar-refractivity contribution in [2.24, 2.45) is 0 Å². The van der Waals surface area contributed by atoms with Crippen LogP contribution in [0.15, 0.2) is 66.7 Å². The average Bonchev–Trinajstić information content (AvgIpc) is 2.85. The first-order valence-electron chi connectivity index (χ1n) is 7.03. The summed E-state index contributed by atoms with van der Waals surface area (Å²) in [7, 11) is 0. The zero-order chi connectivity index (χ0) is 14.2. The number of nitrogens with one attached hydrogen (secondary N) is 1. The van der Waals surface area contributed by atoms with Crippen molar-refractivity contribution in [3.8, 4) is 11.1 Å². The molecule has 0 aliphatic heterocycles. The van der Waals surface area contributed by atoms with E-state index in [0.717, 1.165) is 22.8 Å². The molecule has 0 atom stereocenters. The van der Waals surface area contributed by atoms with E-state index in [1.807, 2.05) is 24.3 Å². The van der Waals surface area contributed by atoms with Crippen LogP contribution >= 0.6 is 11.6 Å². The highest BCUT2D eigenvalue weighted by Crippen LogP contribution is 2.38. The van der Waals surface area contributed by atoms with Gasteiger partial charge in [0, 0.05) is 16.4 Å². The molecule has 0 saturated heterocycles. The minimum absolute atomic E-state index is 0.744. The zero-order valence-electron chi connectivity index (χ0n) is 11.4. The molecule has 0 radical (unpaired) electrons. The van der Waals surface area contributed by atoms with Crippen LogP contribution in [-0.2, 0) is 6.42 Å². The first-order chi connectivity index (χ1) is 10.3. The summed E-state index contributed by atoms with van der Waals surface area (Å²) in [5, 5.41) is 4.16. The normalized spacial score (nSPS) is 11.9. The lowest BCUT2D eigenvalue weighted by Gasteiger charge is -2.09. The Labute approximate surface area is 129 Å². The number of benzene rings is 3. The number of anilines is 2. The Bertz CT molecular complexity index is 823. The third-order valence-corrected chi connectivity index (χ3v) is 4.14. The predicted octanol–water partition coefficient (Wildman–Crippen LogP) is 5.65. The molecule has 0 aromatic heterocycles. The Hall–Kier alpha value is -2.25. The summed E-state index contributed by atoms with van der Waals surface area (Å²) in [4.78, 5) is 0. The maximum atomic E-state index is 6.03. The first-order valence-corrected chi connectivity index (χ1v) is 7.41. The van der Waals surface area contributed by atoms with Gasteiger partial charge in [0.1, 0.15) is 0 Å². The molecule has 1 nitrogen and oxygen atoms in total. The smallest absolute Gasteiger partial charge is 0.0426 e. The standard InChI is InChI=1S/C19H14ClN/c20-15-5-3-6-16(12-15)21-17-8-9-19-14(11-17)10-13-4-1-2-7-18(13)19/h1-9,11-12,21H,10H2. The second kappa shape index (κ2) is 4.94. The second-order valence-corrected chi connectivity index (χ2v) is 5.78. The third-order valence-electron chi connectivity index (χ3n) is 3.91. The fraction of sp³-hybridized carbons (Fsp3) is 0.0526. The van der Waals surface area contributed by atoms with Crippen molar-refractivity contribution in [1.29, 1.82) is 0 Å². The van der Waals surface area contributed by atoms with Gasteiger partial charge in [0.05, 0.1) is 0 Å². The lowest BCUT2D eigenvalue weighted by Crippen LogP contribution is -1.91. The summed E-state index contributed by atoms with van der Waals surface area (Å²) < 4.78 is 0. The number of fused-ring (bicyclic) bond motifs is 3. The number of hydrogen-bond donors (Lipinski definition) is 1. The summed E-state index contributed by atoms with van der Waals surface area (Å²) in [6, 6.07) is 23.0. The number of rotatable bonds is 2. The van der Waals surface area contributed by atoms with Crippen LogP contribution in [-0.4, -0.2) is 0 Å². The van der Waals surface area contributed by atoms with E-state index in [9.17, 15) is 0 Å². The van der Waals surface area contributed by atoms with Crippen molar-refractivity contribution >= 4 is 23.0 Å². The molecule has 3 aromatic carbocycles. The molecular weight excluding hydrogens is 278 g/mol. The average molecular weight is 292 g/mol. The van der Waals surface area contributed by atoms with Crippen LogP contribution in [0.25, 0.3) is 11.1 Å². The molecule has 0 fully saturated rings. The minimum atomic E-state index is 0.744. The summed E-state index contributed by atoms with van der Waals surface area (Å²) in [6.07, 6.45) is 1.01. The van der Waals surface area contributed by atoms with E-state index in [1.54, 1.807) is 0 Å². The van der Waals surface area contributed by atoms with Crippen molar-refractivity contribution in [2.45, 2.75) is 6.42 Å². The molecule has 3 aromatic rings. The Morgan fingerprint density at radius 2 is 1.52 bits per heavy atom. The zero-order valence-corrected chi connectivity index (χ0v) is 12.2. The predicted molar refractivity (Wildman–Crippen MR) is 89.4 cm³/mol. The van der Waals surface area contributed by atoms with Crippen LogP contribution in [0.4, 0.5) is 11.4 Å². The molecule has 1 aliphatic rings. The van der Waals surface area contributed by atoms with Crippen molar-refractivity contribution in [3.05, 3.63) is 82.9 Å². The fourth-order valence-corrected chi connectivity index (χ4v) is 3.15. The summed E-state index contributed by atoms with van der Waals surface area (Å²) in [5.74, 6) is 0. The van der Waals surface area contributed by atoms with E-state index in [1.165, 1.54) is 22.3 Å². The van der Waals surface area contributed by atoms with Crippen LogP contribution in [0.1, 0.15) is 11.1 Å². The molecule has 21 heavy (non-hydrogen) atoms. The van der Waals surface area contributed by atoms with Gasteiger partial charge in [0.25, 0.3) is 0 Å². The molecule has 1 aliphatic carbocycles. The molecular formula is C19H14ClN. The summed E-state index contributed by atoms with van der Waals surface area (Å²) in [5.41, 5.74) is 7.61. The summed E-state index contributed by atoms with van der Waals surface area (Å²) >= 11 is 6.03. The van der Waals surface area contributed by atoms with Gasteiger partial charge < -0.3 is 5.32 Å². The van der Waals surface area contributed by atoms with Gasteiger partial charge >= 0.3 is 0 Å². The van der Waals surface area contributed by atoms with Gasteiger partial charge in [-0.2, -0.15) is 0 Å². The largest absolute Gasteiger partial charge is 0.355 e. The molecule has 102 valence electrons. The van der Waals surface area contributed by atoms with Crippen molar-refractivity contribution in [3.63, 3.8) is 0 Å². The first kappa shape index (κ1) is 12.5. The Balaban J connectivity index is 1.67. The van der Waals surface area contributed by atoms with Crippen LogP contribution < -0.4 is 5.32 Å². The maximum absolute atomic E-state index is 6.03. The Morgan fingerprint density at radius 3 is 2.43 bits per heavy atom. The molecule has 0 saturated carbocycles. The van der Waals surface area contributed by atoms with Crippen LogP contribution in [0, 0.1) is 0 Å². The molecule has 4 rings (SSSR count). The van der Waals surface area contributed by atoms with Crippen molar-refractivity contribution in [1.82, 2.24) is 0 Å². The molecule has 0 unspecified atom stereocenters. The van der Waals surface area contributed by atoms with Gasteiger partial charge in [0.2, 0.25) is 0 Å². The lowest BCUT2D eigenvalue weighted by molar-refractivity contribution is 1.26. The molecule has 0 heterocycles. The van der Waals surface area contributed by atoms with E-state index in [2.05, 4.69) is 47.8 Å². The van der Waals surface area contributed by atoms with E-state index in [0.29, 0.717) is 0 Å². The van der Waals surface area contributed by atoms with Gasteiger partial charge in [-0.05, 0) is 59.0 Å². The van der Waals surface area contributed by atoms with Gasteiger partial charge in [-0.1, -0.05) is 48.0 Å². The molecule has 0 spiro atoms. The van der Waals surface area contributed by atoms with E-state index in [-0.39, 0.29) is 0 Å². The van der Waals surface area contributed by atoms with E-state index < -0.39 is 0 Å². The second-order valence-electron chi connectivity index (χ2n) is 5.34. The van der Waals surface area contributed by atoms with E-state index >= 15 is 0 Å². The quantitative estimate of drug-likeness (QED) is 0.503. The highest BCUT2D eigenvalue weighted by molar-refractivity contribution is 6.30. The maximum Gasteiger partial charge on any atom is 0.0426 e. The fourth-order valence-electron chi connectivity index (χ4n) is 2.96. The topological polar surface area (TPSA) is 12.0 Å². The Morgan fingerprint density at radius 1 is 0.714 bits per heavy atom. The van der Waals surface area contributed by atoms with Crippen LogP contribution in [0.3, 0.4) is 0 Å². The van der Waals surface area contributed by atoms with Crippen LogP contribution in [0.2, 0.25) is 5.02 Å². The molecule has 0 bridgehead atoms. The monoisotopic (exact) mass is 291 g/mol. The van der Waals surface area contributed by atoms with Gasteiger partial charge in [0.15, 0.2) is 0 Å². The van der Waals surface area contributed by atoms with Crippen molar-refractivity contribution < 1.29 is 0 Å². The Kier molecular flexibility index (Phi) is 2.94. The van der Waals surface area contributed by atoms with Crippen molar-refractivity contribution in [2.75, 3.05) is 5.32 Å². The highest BCUT2D eigenvalue weighted by atomic mass is 35.5. The SMILES string of the molecule is Clc1cccc(Nc2ccc3c(c2)Cc2ccccc2-3)c1. The van der Waals surface area contributed by atoms with E-state index in [4.69, 9.17) is 11.6 Å². The third kappa shape index (κ3) is 2.30. The number of halogens is 1. The lowest BCUT2D eigenvalue weighted by atomic mass is 10.1. The summed E-state index contributed by atoms with van der Waals surface area (Å²) in [6.45, 7) is 0. The molecule has 0 amide bonds. The minimum Gasteiger partial charge on any atom is -0.355 e. The van der Waals surface area contributed by atoms with Gasteiger partial charge in [-0.25, -0.2) is 0 Å². The van der Waals surface area contributed by atoms with Gasteiger partial charge in [-0.15, -0.1) is 0 Å². The van der Waals surface area contributed by atoms with Crippen LogP contribution in [0.5, 0.6) is 0 Å². The van der Waals surface area contributed by atoms with Gasteiger partial charge in [-0.3, -0.25) is 0 Å². The molecule has 1 N–H and O–H groups in total.